The summed E-state index contributed by atoms with van der Waals surface area (Å²) in [5, 5.41) is 4.75. The number of hydrogen-bond donors (Lipinski definition) is 1. The van der Waals surface area contributed by atoms with Crippen LogP contribution in [-0.4, -0.2) is 14.1 Å². The predicted octanol–water partition coefficient (Wildman–Crippen LogP) is 6.06. The minimum absolute atomic E-state index is 0.00442. The van der Waals surface area contributed by atoms with Gasteiger partial charge in [-0.2, -0.15) is 0 Å². The van der Waals surface area contributed by atoms with Gasteiger partial charge in [0.1, 0.15) is 5.58 Å². The quantitative estimate of drug-likeness (QED) is 0.525. The summed E-state index contributed by atoms with van der Waals surface area (Å²) in [6.07, 6.45) is 0. The van der Waals surface area contributed by atoms with Gasteiger partial charge in [0.05, 0.1) is 17.0 Å². The molecule has 0 spiro atoms. The molecule has 3 aromatic rings. The summed E-state index contributed by atoms with van der Waals surface area (Å²) < 4.78 is 7.06. The van der Waals surface area contributed by atoms with Crippen LogP contribution in [0.4, 0.5) is 11.6 Å². The fourth-order valence-electron chi connectivity index (χ4n) is 3.22. The summed E-state index contributed by atoms with van der Waals surface area (Å²) in [4.78, 5) is 14.7. The third kappa shape index (κ3) is 3.85. The van der Waals surface area contributed by atoms with Gasteiger partial charge in [-0.25, -0.2) is 0 Å². The highest BCUT2D eigenvalue weighted by Gasteiger charge is 2.19. The Hall–Kier alpha value is -1.98. The number of aryl methyl sites for hydroxylation is 1. The lowest BCUT2D eigenvalue weighted by Crippen LogP contribution is -2.17. The predicted molar refractivity (Wildman–Crippen MR) is 117 cm³/mol. The van der Waals surface area contributed by atoms with Crippen molar-refractivity contribution in [2.45, 2.75) is 26.8 Å². The third-order valence-corrected chi connectivity index (χ3v) is 5.43. The molecule has 27 heavy (non-hydrogen) atoms. The molecule has 1 N–H and O–H groups in total. The fraction of sp³-hybridized carbons (Fsp3) is 0.286. The van der Waals surface area contributed by atoms with Crippen molar-refractivity contribution in [2.24, 2.45) is 0 Å². The molecule has 2 aromatic carbocycles. The number of fused-ring (bicyclic) bond motifs is 1. The smallest absolute Gasteiger partial charge is 0.202 e. The lowest BCUT2D eigenvalue weighted by atomic mass is 10.00. The zero-order valence-electron chi connectivity index (χ0n) is 16.0. The van der Waals surface area contributed by atoms with Gasteiger partial charge in [0.2, 0.25) is 5.88 Å². The van der Waals surface area contributed by atoms with Crippen molar-refractivity contribution >= 4 is 50.1 Å². The van der Waals surface area contributed by atoms with E-state index < -0.39 is 0 Å². The van der Waals surface area contributed by atoms with Gasteiger partial charge in [0.25, 0.3) is 0 Å². The van der Waals surface area contributed by atoms with Crippen LogP contribution in [0.15, 0.2) is 44.0 Å². The van der Waals surface area contributed by atoms with E-state index in [2.05, 4.69) is 27.3 Å². The first kappa shape index (κ1) is 19.8. The summed E-state index contributed by atoms with van der Waals surface area (Å²) in [7, 11) is 3.74. The maximum absolute atomic E-state index is 12.9. The Balaban J connectivity index is 2.16. The largest absolute Gasteiger partial charge is 0.440 e. The van der Waals surface area contributed by atoms with Gasteiger partial charge in [-0.1, -0.05) is 17.7 Å². The van der Waals surface area contributed by atoms with Crippen molar-refractivity contribution in [1.29, 1.82) is 0 Å². The minimum Gasteiger partial charge on any atom is -0.440 e. The van der Waals surface area contributed by atoms with Crippen molar-refractivity contribution in [2.75, 3.05) is 24.3 Å². The highest BCUT2D eigenvalue weighted by atomic mass is 79.9. The number of anilines is 2. The molecule has 0 radical (unpaired) electrons. The SMILES string of the molecule is Cc1cc(C(C)Nc2ccc(Cl)cc2Br)c2oc(N(C)C)c(C)c(=O)c2c1. The number of nitrogens with zero attached hydrogens (tertiary/aromatic N) is 1. The molecule has 0 aliphatic carbocycles. The number of nitrogens with one attached hydrogen (secondary N) is 1. The molecule has 3 rings (SSSR count). The van der Waals surface area contributed by atoms with E-state index in [0.29, 0.717) is 27.4 Å². The molecule has 6 heteroatoms. The molecule has 0 fully saturated rings. The Kier molecular flexibility index (Phi) is 5.54. The first-order valence-corrected chi connectivity index (χ1v) is 9.83. The Labute approximate surface area is 172 Å². The van der Waals surface area contributed by atoms with Crippen LogP contribution in [0.2, 0.25) is 5.02 Å². The third-order valence-electron chi connectivity index (χ3n) is 4.54. The zero-order valence-corrected chi connectivity index (χ0v) is 18.3. The van der Waals surface area contributed by atoms with E-state index in [4.69, 9.17) is 16.0 Å². The van der Waals surface area contributed by atoms with Crippen molar-refractivity contribution in [3.63, 3.8) is 0 Å². The summed E-state index contributed by atoms with van der Waals surface area (Å²) in [6, 6.07) is 9.48. The summed E-state index contributed by atoms with van der Waals surface area (Å²) >= 11 is 9.57. The van der Waals surface area contributed by atoms with Crippen LogP contribution in [0, 0.1) is 13.8 Å². The van der Waals surface area contributed by atoms with Crippen molar-refractivity contribution in [3.05, 3.63) is 66.7 Å². The van der Waals surface area contributed by atoms with Gasteiger partial charge in [-0.05, 0) is 66.5 Å². The van der Waals surface area contributed by atoms with Crippen LogP contribution < -0.4 is 15.6 Å². The highest BCUT2D eigenvalue weighted by Crippen LogP contribution is 2.33. The molecular weight excluding hydrogens is 428 g/mol. The first-order valence-electron chi connectivity index (χ1n) is 8.66. The fourth-order valence-corrected chi connectivity index (χ4v) is 4.02. The zero-order chi connectivity index (χ0) is 19.9. The van der Waals surface area contributed by atoms with Gasteiger partial charge in [0, 0.05) is 34.8 Å². The van der Waals surface area contributed by atoms with Crippen molar-refractivity contribution in [1.82, 2.24) is 0 Å². The molecule has 0 bridgehead atoms. The Morgan fingerprint density at radius 1 is 1.19 bits per heavy atom. The second-order valence-electron chi connectivity index (χ2n) is 6.98. The Bertz CT molecular complexity index is 1080. The normalized spacial score (nSPS) is 12.3. The molecule has 0 saturated carbocycles. The number of halogens is 2. The summed E-state index contributed by atoms with van der Waals surface area (Å²) in [6.45, 7) is 5.84. The average molecular weight is 450 g/mol. The molecule has 142 valence electrons. The molecule has 1 unspecified atom stereocenters. The van der Waals surface area contributed by atoms with Gasteiger partial charge in [-0.15, -0.1) is 0 Å². The van der Waals surface area contributed by atoms with E-state index in [0.717, 1.165) is 21.3 Å². The monoisotopic (exact) mass is 448 g/mol. The van der Waals surface area contributed by atoms with Crippen molar-refractivity contribution < 1.29 is 4.42 Å². The summed E-state index contributed by atoms with van der Waals surface area (Å²) in [5.41, 5.74) is 4.11. The molecule has 1 aromatic heterocycles. The van der Waals surface area contributed by atoms with E-state index in [-0.39, 0.29) is 11.5 Å². The van der Waals surface area contributed by atoms with Crippen LogP contribution in [0.1, 0.15) is 29.7 Å². The lowest BCUT2D eigenvalue weighted by Gasteiger charge is -2.21. The van der Waals surface area contributed by atoms with Crippen molar-refractivity contribution in [3.8, 4) is 0 Å². The van der Waals surface area contributed by atoms with Gasteiger partial charge < -0.3 is 14.6 Å². The molecule has 0 aliphatic rings. The highest BCUT2D eigenvalue weighted by molar-refractivity contribution is 9.10. The van der Waals surface area contributed by atoms with Crippen LogP contribution in [0.3, 0.4) is 0 Å². The number of rotatable bonds is 4. The Morgan fingerprint density at radius 3 is 2.52 bits per heavy atom. The van der Waals surface area contributed by atoms with E-state index in [9.17, 15) is 4.79 Å². The molecule has 0 amide bonds. The number of benzene rings is 2. The Morgan fingerprint density at radius 2 is 1.89 bits per heavy atom. The average Bonchev–Trinajstić information content (AvgIpc) is 2.60. The van der Waals surface area contributed by atoms with Gasteiger partial charge in [0.15, 0.2) is 5.43 Å². The van der Waals surface area contributed by atoms with Gasteiger partial charge >= 0.3 is 0 Å². The molecule has 1 atom stereocenters. The topological polar surface area (TPSA) is 45.5 Å². The van der Waals surface area contributed by atoms with E-state index in [1.54, 1.807) is 6.92 Å². The molecule has 0 aliphatic heterocycles. The molecular formula is C21H22BrClN2O2. The maximum Gasteiger partial charge on any atom is 0.202 e. The number of hydrogen-bond acceptors (Lipinski definition) is 4. The molecule has 4 nitrogen and oxygen atoms in total. The lowest BCUT2D eigenvalue weighted by molar-refractivity contribution is 0.585. The molecule has 1 heterocycles. The van der Waals surface area contributed by atoms with Crippen LogP contribution in [0.25, 0.3) is 11.0 Å². The first-order chi connectivity index (χ1) is 12.7. The van der Waals surface area contributed by atoms with Gasteiger partial charge in [-0.3, -0.25) is 4.79 Å². The standard InChI is InChI=1S/C21H22BrClN2O2/c1-11-8-15(13(3)24-18-7-6-14(23)10-17(18)22)20-16(9-11)19(26)12(2)21(27-20)25(4)5/h6-10,13,24H,1-5H3. The maximum atomic E-state index is 12.9. The van der Waals surface area contributed by atoms with Crippen LogP contribution in [-0.2, 0) is 0 Å². The van der Waals surface area contributed by atoms with Crippen LogP contribution >= 0.6 is 27.5 Å². The second kappa shape index (κ2) is 7.56. The van der Waals surface area contributed by atoms with E-state index in [1.807, 2.05) is 57.1 Å². The summed E-state index contributed by atoms with van der Waals surface area (Å²) in [5.74, 6) is 0.581. The molecule has 0 saturated heterocycles. The van der Waals surface area contributed by atoms with E-state index in [1.165, 1.54) is 0 Å². The van der Waals surface area contributed by atoms with E-state index >= 15 is 0 Å². The minimum atomic E-state index is -0.0780. The van der Waals surface area contributed by atoms with Crippen LogP contribution in [0.5, 0.6) is 0 Å². The second-order valence-corrected chi connectivity index (χ2v) is 8.27.